The van der Waals surface area contributed by atoms with Crippen LogP contribution in [0.2, 0.25) is 0 Å². The average Bonchev–Trinajstić information content (AvgIpc) is 2.85. The molecule has 0 aliphatic carbocycles. The van der Waals surface area contributed by atoms with E-state index in [2.05, 4.69) is 10.0 Å². The molecule has 0 radical (unpaired) electrons. The van der Waals surface area contributed by atoms with E-state index in [9.17, 15) is 9.59 Å². The molecule has 0 N–H and O–H groups in total. The second-order valence-corrected chi connectivity index (χ2v) is 7.99. The Bertz CT molecular complexity index is 813. The fraction of sp³-hybridized carbons (Fsp3) is 0.579. The van der Waals surface area contributed by atoms with Gasteiger partial charge in [-0.2, -0.15) is 0 Å². The monoisotopic (exact) mass is 387 g/mol. The lowest BCUT2D eigenvalue weighted by molar-refractivity contribution is 0.0236. The van der Waals surface area contributed by atoms with Gasteiger partial charge in [-0.1, -0.05) is 11.2 Å². The van der Waals surface area contributed by atoms with Crippen LogP contribution in [0.4, 0.5) is 15.3 Å². The van der Waals surface area contributed by atoms with Gasteiger partial charge in [-0.05, 0) is 62.4 Å². The smallest absolute Gasteiger partial charge is 0.414 e. The summed E-state index contributed by atoms with van der Waals surface area (Å²) in [5.41, 5.74) is 10.8. The zero-order chi connectivity index (χ0) is 20.3. The van der Waals surface area contributed by atoms with Gasteiger partial charge in [0.25, 0.3) is 0 Å². The highest BCUT2D eigenvalue weighted by atomic mass is 16.6. The van der Waals surface area contributed by atoms with Gasteiger partial charge in [-0.3, -0.25) is 4.90 Å². The van der Waals surface area contributed by atoms with Gasteiger partial charge in [-0.15, -0.1) is 0 Å². The highest BCUT2D eigenvalue weighted by Gasteiger charge is 2.32. The maximum absolute atomic E-state index is 12.4. The van der Waals surface area contributed by atoms with E-state index >= 15 is 0 Å². The minimum absolute atomic E-state index is 0.120. The number of hydrogen-bond acceptors (Lipinski definition) is 5. The van der Waals surface area contributed by atoms with Gasteiger partial charge in [-0.25, -0.2) is 9.59 Å². The molecule has 3 rings (SSSR count). The predicted molar refractivity (Wildman–Crippen MR) is 103 cm³/mol. The van der Waals surface area contributed by atoms with E-state index in [0.717, 1.165) is 29.7 Å². The zero-order valence-corrected chi connectivity index (χ0v) is 16.4. The SMILES string of the molecule is CC(C)(C)OC(=O)N1CCCc2cc(N3CC(CN=[N+]=[N-])OC3=O)ccc2C1. The summed E-state index contributed by atoms with van der Waals surface area (Å²) in [6.45, 7) is 7.14. The molecule has 28 heavy (non-hydrogen) atoms. The molecule has 0 saturated carbocycles. The molecule has 2 aliphatic heterocycles. The van der Waals surface area contributed by atoms with E-state index in [4.69, 9.17) is 15.0 Å². The lowest BCUT2D eigenvalue weighted by atomic mass is 10.0. The van der Waals surface area contributed by atoms with E-state index in [1.165, 1.54) is 0 Å². The summed E-state index contributed by atoms with van der Waals surface area (Å²) < 4.78 is 10.7. The number of carbonyl (C=O) groups is 2. The van der Waals surface area contributed by atoms with Crippen molar-refractivity contribution in [3.8, 4) is 0 Å². The van der Waals surface area contributed by atoms with Crippen molar-refractivity contribution in [2.75, 3.05) is 24.5 Å². The van der Waals surface area contributed by atoms with Crippen LogP contribution in [0, 0.1) is 0 Å². The zero-order valence-electron chi connectivity index (χ0n) is 16.4. The molecule has 9 heteroatoms. The summed E-state index contributed by atoms with van der Waals surface area (Å²) in [6.07, 6.45) is 0.438. The standard InChI is InChI=1S/C19H25N5O4/c1-19(2,3)28-17(25)23-8-4-5-13-9-15(7-6-14(13)11-23)24-12-16(10-21-22-20)27-18(24)26/h6-7,9,16H,4-5,8,10-12H2,1-3H3. The van der Waals surface area contributed by atoms with Crippen LogP contribution in [0.25, 0.3) is 10.4 Å². The van der Waals surface area contributed by atoms with Gasteiger partial charge in [0.1, 0.15) is 11.7 Å². The third kappa shape index (κ3) is 4.67. The molecular weight excluding hydrogens is 362 g/mol. The second kappa shape index (κ2) is 7.98. The molecule has 2 heterocycles. The Morgan fingerprint density at radius 3 is 2.89 bits per heavy atom. The number of aryl methyl sites for hydroxylation is 1. The number of fused-ring (bicyclic) bond motifs is 1. The van der Waals surface area contributed by atoms with Crippen LogP contribution in [-0.4, -0.2) is 48.4 Å². The lowest BCUT2D eigenvalue weighted by Crippen LogP contribution is -2.36. The molecule has 0 aromatic heterocycles. The number of anilines is 1. The molecule has 0 spiro atoms. The maximum atomic E-state index is 12.4. The van der Waals surface area contributed by atoms with Gasteiger partial charge in [0, 0.05) is 23.7 Å². The van der Waals surface area contributed by atoms with Crippen LogP contribution in [0.5, 0.6) is 0 Å². The Kier molecular flexibility index (Phi) is 5.65. The van der Waals surface area contributed by atoms with Crippen LogP contribution in [-0.2, 0) is 22.4 Å². The Balaban J connectivity index is 1.73. The van der Waals surface area contributed by atoms with Crippen LogP contribution in [0.15, 0.2) is 23.3 Å². The van der Waals surface area contributed by atoms with E-state index < -0.39 is 17.8 Å². The Morgan fingerprint density at radius 2 is 2.18 bits per heavy atom. The molecule has 1 saturated heterocycles. The molecule has 9 nitrogen and oxygen atoms in total. The third-order valence-electron chi connectivity index (χ3n) is 4.61. The van der Waals surface area contributed by atoms with Crippen LogP contribution in [0.1, 0.15) is 38.3 Å². The molecule has 2 aliphatic rings. The van der Waals surface area contributed by atoms with Gasteiger partial charge < -0.3 is 14.4 Å². The van der Waals surface area contributed by atoms with Crippen molar-refractivity contribution in [1.29, 1.82) is 0 Å². The minimum Gasteiger partial charge on any atom is -0.444 e. The number of amides is 2. The highest BCUT2D eigenvalue weighted by Crippen LogP contribution is 2.28. The first-order valence-corrected chi connectivity index (χ1v) is 9.35. The van der Waals surface area contributed by atoms with Crippen LogP contribution < -0.4 is 4.90 Å². The van der Waals surface area contributed by atoms with Gasteiger partial charge in [0.05, 0.1) is 13.1 Å². The molecule has 150 valence electrons. The van der Waals surface area contributed by atoms with Crippen molar-refractivity contribution in [2.45, 2.75) is 51.9 Å². The lowest BCUT2D eigenvalue weighted by Gasteiger charge is -2.26. The van der Waals surface area contributed by atoms with Crippen LogP contribution >= 0.6 is 0 Å². The van der Waals surface area contributed by atoms with Crippen molar-refractivity contribution < 1.29 is 19.1 Å². The summed E-state index contributed by atoms with van der Waals surface area (Å²) >= 11 is 0. The van der Waals surface area contributed by atoms with E-state index in [1.807, 2.05) is 39.0 Å². The topological polar surface area (TPSA) is 108 Å². The number of rotatable bonds is 3. The highest BCUT2D eigenvalue weighted by molar-refractivity contribution is 5.90. The predicted octanol–water partition coefficient (Wildman–Crippen LogP) is 4.01. The minimum atomic E-state index is -0.529. The molecule has 1 fully saturated rings. The van der Waals surface area contributed by atoms with E-state index in [1.54, 1.807) is 9.80 Å². The first-order chi connectivity index (χ1) is 13.3. The number of nitrogens with zero attached hydrogens (tertiary/aromatic N) is 5. The fourth-order valence-electron chi connectivity index (χ4n) is 3.35. The van der Waals surface area contributed by atoms with E-state index in [-0.39, 0.29) is 12.6 Å². The Labute approximate surface area is 163 Å². The quantitative estimate of drug-likeness (QED) is 0.443. The summed E-state index contributed by atoms with van der Waals surface area (Å²) in [7, 11) is 0. The number of cyclic esters (lactones) is 1. The van der Waals surface area contributed by atoms with Crippen molar-refractivity contribution in [1.82, 2.24) is 4.90 Å². The molecule has 1 atom stereocenters. The molecule has 0 bridgehead atoms. The second-order valence-electron chi connectivity index (χ2n) is 7.99. The first kappa shape index (κ1) is 19.8. The molecule has 1 aromatic carbocycles. The molecule has 1 unspecified atom stereocenters. The number of ether oxygens (including phenoxy) is 2. The molecule has 1 aromatic rings. The average molecular weight is 387 g/mol. The third-order valence-corrected chi connectivity index (χ3v) is 4.61. The summed E-state index contributed by atoms with van der Waals surface area (Å²) in [4.78, 5) is 30.6. The molecular formula is C19H25N5O4. The van der Waals surface area contributed by atoms with Gasteiger partial charge in [0.15, 0.2) is 0 Å². The number of carbonyl (C=O) groups excluding carboxylic acids is 2. The van der Waals surface area contributed by atoms with Crippen molar-refractivity contribution in [2.24, 2.45) is 5.11 Å². The molecule has 2 amide bonds. The fourth-order valence-corrected chi connectivity index (χ4v) is 3.35. The van der Waals surface area contributed by atoms with E-state index in [0.29, 0.717) is 19.6 Å². The number of hydrogen-bond donors (Lipinski definition) is 0. The van der Waals surface area contributed by atoms with Gasteiger partial charge in [0.2, 0.25) is 0 Å². The summed E-state index contributed by atoms with van der Waals surface area (Å²) in [6, 6.07) is 5.78. The number of azide groups is 1. The van der Waals surface area contributed by atoms with Crippen molar-refractivity contribution in [3.05, 3.63) is 39.8 Å². The normalized spacial score (nSPS) is 19.4. The Morgan fingerprint density at radius 1 is 1.39 bits per heavy atom. The summed E-state index contributed by atoms with van der Waals surface area (Å²) in [5.74, 6) is 0. The maximum Gasteiger partial charge on any atom is 0.414 e. The first-order valence-electron chi connectivity index (χ1n) is 9.35. The number of benzene rings is 1. The Hall–Kier alpha value is -2.93. The van der Waals surface area contributed by atoms with Gasteiger partial charge >= 0.3 is 12.2 Å². The van der Waals surface area contributed by atoms with Crippen molar-refractivity contribution in [3.63, 3.8) is 0 Å². The van der Waals surface area contributed by atoms with Crippen LogP contribution in [0.3, 0.4) is 0 Å². The summed E-state index contributed by atoms with van der Waals surface area (Å²) in [5, 5.41) is 3.48. The largest absolute Gasteiger partial charge is 0.444 e. The van der Waals surface area contributed by atoms with Crippen molar-refractivity contribution >= 4 is 17.9 Å².